The van der Waals surface area contributed by atoms with E-state index in [4.69, 9.17) is 47.4 Å². The van der Waals surface area contributed by atoms with E-state index in [9.17, 15) is 19.2 Å². The number of amides is 2. The molecule has 1 N–H and O–H groups in total. The van der Waals surface area contributed by atoms with Crippen LogP contribution in [-0.4, -0.2) is 75.6 Å². The molecule has 2 aromatic heterocycles. The van der Waals surface area contributed by atoms with Crippen molar-refractivity contribution in [2.24, 2.45) is 11.3 Å². The van der Waals surface area contributed by atoms with E-state index in [1.807, 2.05) is 23.6 Å². The molecule has 2 fully saturated rings. The molecule has 1 aromatic carbocycles. The Kier molecular flexibility index (Phi) is 11.5. The first-order valence-corrected chi connectivity index (χ1v) is 19.5. The molecule has 2 amide bonds. The van der Waals surface area contributed by atoms with Crippen LogP contribution in [0.4, 0.5) is 4.79 Å². The van der Waals surface area contributed by atoms with E-state index in [0.29, 0.717) is 46.0 Å². The van der Waals surface area contributed by atoms with Gasteiger partial charge in [0, 0.05) is 12.8 Å². The normalized spacial score (nSPS) is 26.1. The van der Waals surface area contributed by atoms with Crippen molar-refractivity contribution in [3.63, 3.8) is 0 Å². The van der Waals surface area contributed by atoms with E-state index < -0.39 is 47.2 Å². The zero-order valence-electron chi connectivity index (χ0n) is 29.8. The molecule has 0 spiro atoms. The van der Waals surface area contributed by atoms with Gasteiger partial charge in [-0.1, -0.05) is 54.3 Å². The van der Waals surface area contributed by atoms with E-state index in [1.165, 1.54) is 16.2 Å². The lowest BCUT2D eigenvalue weighted by atomic mass is 9.91. The molecule has 6 rings (SSSR count). The number of carbonyl (C=O) groups excluding carboxylic acids is 4. The van der Waals surface area contributed by atoms with Crippen molar-refractivity contribution in [3.8, 4) is 16.5 Å². The Balaban J connectivity index is 1.35. The molecular formula is C38H44Cl2N4O7S. The van der Waals surface area contributed by atoms with Crippen molar-refractivity contribution in [2.45, 2.75) is 103 Å². The maximum atomic E-state index is 14.5. The number of carbonyl (C=O) groups is 4. The number of thiophene rings is 1. The monoisotopic (exact) mass is 770 g/mol. The van der Waals surface area contributed by atoms with Gasteiger partial charge in [-0.25, -0.2) is 14.8 Å². The Bertz CT molecular complexity index is 1860. The van der Waals surface area contributed by atoms with E-state index in [-0.39, 0.29) is 43.6 Å². The third kappa shape index (κ3) is 8.55. The number of fused-ring (bicyclic) bond motifs is 3. The summed E-state index contributed by atoms with van der Waals surface area (Å²) >= 11 is 14.1. The number of ether oxygens (including phenoxy) is 3. The molecule has 52 heavy (non-hydrogen) atoms. The fourth-order valence-corrected chi connectivity index (χ4v) is 8.06. The highest BCUT2D eigenvalue weighted by molar-refractivity contribution is 7.13. The molecule has 0 bridgehead atoms. The fraction of sp³-hybridized carbons (Fsp3) is 0.526. The summed E-state index contributed by atoms with van der Waals surface area (Å²) in [5.74, 6) is -0.980. The summed E-state index contributed by atoms with van der Waals surface area (Å²) in [6, 6.07) is 5.20. The van der Waals surface area contributed by atoms with Gasteiger partial charge in [0.15, 0.2) is 5.78 Å². The summed E-state index contributed by atoms with van der Waals surface area (Å²) in [5.41, 5.74) is -0.272. The predicted octanol–water partition coefficient (Wildman–Crippen LogP) is 7.96. The number of alkyl carbamates (subject to hydrolysis) is 1. The maximum absolute atomic E-state index is 14.5. The minimum absolute atomic E-state index is 0.0441. The summed E-state index contributed by atoms with van der Waals surface area (Å²) in [6.45, 7) is 7.25. The quantitative estimate of drug-likeness (QED) is 0.196. The van der Waals surface area contributed by atoms with Crippen molar-refractivity contribution in [1.29, 1.82) is 0 Å². The average molecular weight is 772 g/mol. The molecule has 1 saturated carbocycles. The van der Waals surface area contributed by atoms with E-state index >= 15 is 0 Å². The van der Waals surface area contributed by atoms with Crippen LogP contribution in [0.25, 0.3) is 21.6 Å². The number of ketones is 1. The Morgan fingerprint density at radius 2 is 1.85 bits per heavy atom. The van der Waals surface area contributed by atoms with Gasteiger partial charge in [-0.2, -0.15) is 0 Å². The highest BCUT2D eigenvalue weighted by Gasteiger charge is 2.61. The first-order chi connectivity index (χ1) is 24.8. The van der Waals surface area contributed by atoms with E-state index in [1.54, 1.807) is 39.8 Å². The van der Waals surface area contributed by atoms with E-state index in [2.05, 4.69) is 11.4 Å². The highest BCUT2D eigenvalue weighted by atomic mass is 35.5. The van der Waals surface area contributed by atoms with Gasteiger partial charge in [-0.3, -0.25) is 14.4 Å². The molecule has 1 unspecified atom stereocenters. The Hall–Kier alpha value is -3.74. The van der Waals surface area contributed by atoms with Gasteiger partial charge in [0.05, 0.1) is 50.6 Å². The lowest BCUT2D eigenvalue weighted by molar-refractivity contribution is -0.152. The van der Waals surface area contributed by atoms with Crippen LogP contribution in [0, 0.1) is 11.3 Å². The summed E-state index contributed by atoms with van der Waals surface area (Å²) in [5, 5.41) is 5.36. The number of aromatic nitrogens is 2. The number of hydrogen-bond acceptors (Lipinski definition) is 10. The molecule has 4 heterocycles. The Morgan fingerprint density at radius 1 is 1.10 bits per heavy atom. The van der Waals surface area contributed by atoms with Crippen LogP contribution in [0.15, 0.2) is 41.8 Å². The molecule has 1 aliphatic carbocycles. The number of Topliss-reactive ketones (excluding diaryl/α,β-unsaturated/α-hetero) is 1. The second-order valence-electron chi connectivity index (χ2n) is 14.7. The SMILES string of the molecule is CCOC(=O)[C@]12CC(=O)[C@@H]3CC(Oc4nc5cc(Cl)c(Cl)cc5nc4-c4cccs4)CN3C(=O)[C@@H](NC(=O)OC(C)(C)C)CCCCC/C=C\[C@@H]1C2. The minimum atomic E-state index is -0.984. The topological polar surface area (TPSA) is 137 Å². The van der Waals surface area contributed by atoms with Gasteiger partial charge in [0.25, 0.3) is 0 Å². The number of hydrogen-bond donors (Lipinski definition) is 1. The third-order valence-corrected chi connectivity index (χ3v) is 11.2. The number of allylic oxidation sites excluding steroid dienone is 2. The van der Waals surface area contributed by atoms with Crippen molar-refractivity contribution in [1.82, 2.24) is 20.2 Å². The third-order valence-electron chi connectivity index (χ3n) is 9.65. The molecule has 2 aliphatic heterocycles. The molecule has 3 aliphatic rings. The van der Waals surface area contributed by atoms with Crippen LogP contribution in [0.2, 0.25) is 10.0 Å². The Morgan fingerprint density at radius 3 is 2.54 bits per heavy atom. The predicted molar refractivity (Wildman–Crippen MR) is 200 cm³/mol. The van der Waals surface area contributed by atoms with Gasteiger partial charge in [-0.15, -0.1) is 11.3 Å². The largest absolute Gasteiger partial charge is 0.471 e. The molecule has 3 aromatic rings. The molecule has 278 valence electrons. The number of esters is 1. The van der Waals surface area contributed by atoms with Crippen LogP contribution in [-0.2, 0) is 23.9 Å². The lowest BCUT2D eigenvalue weighted by Crippen LogP contribution is -2.52. The van der Waals surface area contributed by atoms with Gasteiger partial charge in [0.2, 0.25) is 11.8 Å². The molecule has 0 radical (unpaired) electrons. The van der Waals surface area contributed by atoms with Crippen molar-refractivity contribution < 1.29 is 33.4 Å². The number of nitrogens with zero attached hydrogens (tertiary/aromatic N) is 3. The van der Waals surface area contributed by atoms with Gasteiger partial charge >= 0.3 is 12.1 Å². The minimum Gasteiger partial charge on any atom is -0.471 e. The van der Waals surface area contributed by atoms with Gasteiger partial charge in [0.1, 0.15) is 23.4 Å². The zero-order valence-corrected chi connectivity index (χ0v) is 32.1. The number of benzene rings is 1. The van der Waals surface area contributed by atoms with Crippen LogP contribution >= 0.6 is 34.5 Å². The molecule has 11 nitrogen and oxygen atoms in total. The molecule has 14 heteroatoms. The number of nitrogens with one attached hydrogen (secondary N) is 1. The van der Waals surface area contributed by atoms with Crippen LogP contribution in [0.1, 0.15) is 79.1 Å². The standard InChI is InChI=1S/C38H44Cl2N4O7S/c1-5-49-35(47)38-19-22(38)12-9-7-6-8-10-13-26(43-36(48)51-37(2,3)4)34(46)44-21-23(16-29(44)30(45)20-38)50-33-32(31-14-11-15-52-31)41-27-17-24(39)25(40)18-28(27)42-33/h9,11-12,14-15,17-18,22-23,26,29H,5-8,10,13,16,19-21H2,1-4H3,(H,43,48)/b12-9-/t22-,23?,26+,29+,38-/m1/s1. The zero-order chi connectivity index (χ0) is 37.2. The van der Waals surface area contributed by atoms with Crippen LogP contribution in [0.3, 0.4) is 0 Å². The molecule has 5 atom stereocenters. The second kappa shape index (κ2) is 15.7. The molecular weight excluding hydrogens is 727 g/mol. The summed E-state index contributed by atoms with van der Waals surface area (Å²) in [7, 11) is 0. The fourth-order valence-electron chi connectivity index (χ4n) is 7.04. The first-order valence-electron chi connectivity index (χ1n) is 17.8. The maximum Gasteiger partial charge on any atom is 0.408 e. The number of rotatable bonds is 6. The van der Waals surface area contributed by atoms with Crippen molar-refractivity contribution >= 4 is 69.3 Å². The number of halogens is 2. The van der Waals surface area contributed by atoms with Crippen LogP contribution in [0.5, 0.6) is 5.88 Å². The van der Waals surface area contributed by atoms with Gasteiger partial charge < -0.3 is 24.4 Å². The van der Waals surface area contributed by atoms with Crippen molar-refractivity contribution in [3.05, 3.63) is 51.8 Å². The van der Waals surface area contributed by atoms with E-state index in [0.717, 1.165) is 24.1 Å². The lowest BCUT2D eigenvalue weighted by Gasteiger charge is -2.30. The average Bonchev–Trinajstić information content (AvgIpc) is 3.38. The summed E-state index contributed by atoms with van der Waals surface area (Å²) in [6.07, 6.45) is 6.83. The first kappa shape index (κ1) is 38.0. The summed E-state index contributed by atoms with van der Waals surface area (Å²) in [4.78, 5) is 67.2. The highest BCUT2D eigenvalue weighted by Crippen LogP contribution is 2.57. The smallest absolute Gasteiger partial charge is 0.408 e. The van der Waals surface area contributed by atoms with Crippen molar-refractivity contribution in [2.75, 3.05) is 13.2 Å². The molecule has 1 saturated heterocycles. The van der Waals surface area contributed by atoms with Crippen LogP contribution < -0.4 is 10.1 Å². The van der Waals surface area contributed by atoms with Gasteiger partial charge in [-0.05, 0) is 82.9 Å². The Labute approximate surface area is 317 Å². The second-order valence-corrected chi connectivity index (χ2v) is 16.4. The summed E-state index contributed by atoms with van der Waals surface area (Å²) < 4.78 is 17.6.